The fourth-order valence-corrected chi connectivity index (χ4v) is 2.06. The monoisotopic (exact) mass is 352 g/mol. The highest BCUT2D eigenvalue weighted by atomic mass is 19.4. The Morgan fingerprint density at radius 3 is 2.48 bits per heavy atom. The van der Waals surface area contributed by atoms with E-state index in [4.69, 9.17) is 4.52 Å². The molecule has 0 fully saturated rings. The van der Waals surface area contributed by atoms with Gasteiger partial charge in [-0.1, -0.05) is 29.9 Å². The first-order chi connectivity index (χ1) is 11.7. The fraction of sp³-hybridized carbons (Fsp3) is 0.278. The highest BCUT2D eigenvalue weighted by molar-refractivity contribution is 5.69. The summed E-state index contributed by atoms with van der Waals surface area (Å²) in [6.07, 6.45) is -1.19. The van der Waals surface area contributed by atoms with Crippen LogP contribution in [0.4, 0.5) is 19.0 Å². The minimum absolute atomic E-state index is 0.202. The average Bonchev–Trinajstić information content (AvgIpc) is 2.84. The van der Waals surface area contributed by atoms with Gasteiger partial charge in [-0.05, 0) is 50.1 Å². The number of allylic oxidation sites excluding steroid dienone is 2. The molecule has 0 amide bonds. The van der Waals surface area contributed by atoms with E-state index in [1.165, 1.54) is 12.1 Å². The molecule has 0 aliphatic rings. The van der Waals surface area contributed by atoms with Crippen molar-refractivity contribution >= 4 is 24.0 Å². The Kier molecular flexibility index (Phi) is 5.56. The maximum absolute atomic E-state index is 12.2. The SMILES string of the molecule is C=c1c(NC(C)C)noc1=CC=C(C)c1ccc(OC(F)(F)F)cc1. The number of nitrogens with one attached hydrogen (secondary N) is 1. The van der Waals surface area contributed by atoms with Crippen LogP contribution < -0.4 is 20.7 Å². The smallest absolute Gasteiger partial charge is 0.406 e. The quantitative estimate of drug-likeness (QED) is 0.892. The summed E-state index contributed by atoms with van der Waals surface area (Å²) in [5, 5.41) is 7.69. The molecule has 0 saturated heterocycles. The van der Waals surface area contributed by atoms with Crippen LogP contribution in [0.15, 0.2) is 34.9 Å². The van der Waals surface area contributed by atoms with Gasteiger partial charge >= 0.3 is 6.36 Å². The summed E-state index contributed by atoms with van der Waals surface area (Å²) < 4.78 is 45.6. The molecule has 7 heteroatoms. The molecule has 1 aromatic carbocycles. The zero-order valence-corrected chi connectivity index (χ0v) is 14.1. The molecule has 1 N–H and O–H groups in total. The molecule has 1 aromatic heterocycles. The van der Waals surface area contributed by atoms with E-state index in [2.05, 4.69) is 21.8 Å². The number of hydrogen-bond acceptors (Lipinski definition) is 4. The van der Waals surface area contributed by atoms with Crippen molar-refractivity contribution in [2.24, 2.45) is 0 Å². The van der Waals surface area contributed by atoms with Crippen LogP contribution in [0.5, 0.6) is 5.75 Å². The predicted molar refractivity (Wildman–Crippen MR) is 91.3 cm³/mol. The number of halogens is 3. The van der Waals surface area contributed by atoms with Crippen LogP contribution in [-0.2, 0) is 0 Å². The molecule has 25 heavy (non-hydrogen) atoms. The lowest BCUT2D eigenvalue weighted by Crippen LogP contribution is -2.23. The van der Waals surface area contributed by atoms with Gasteiger partial charge in [0.1, 0.15) is 5.75 Å². The Bertz CT molecular complexity index is 850. The highest BCUT2D eigenvalue weighted by Gasteiger charge is 2.30. The normalized spacial score (nSPS) is 13.4. The van der Waals surface area contributed by atoms with Crippen LogP contribution in [0, 0.1) is 0 Å². The molecule has 0 atom stereocenters. The molecule has 0 spiro atoms. The van der Waals surface area contributed by atoms with E-state index in [-0.39, 0.29) is 11.8 Å². The highest BCUT2D eigenvalue weighted by Crippen LogP contribution is 2.24. The Labute approximate surface area is 143 Å². The third-order valence-electron chi connectivity index (χ3n) is 3.27. The number of ether oxygens (including phenoxy) is 1. The lowest BCUT2D eigenvalue weighted by Gasteiger charge is -2.09. The topological polar surface area (TPSA) is 47.3 Å². The molecule has 0 aliphatic heterocycles. The van der Waals surface area contributed by atoms with Gasteiger partial charge in [-0.2, -0.15) is 0 Å². The summed E-state index contributed by atoms with van der Waals surface area (Å²) >= 11 is 0. The largest absolute Gasteiger partial charge is 0.573 e. The van der Waals surface area contributed by atoms with Gasteiger partial charge in [0.15, 0.2) is 11.2 Å². The fourth-order valence-electron chi connectivity index (χ4n) is 2.06. The molecule has 0 saturated carbocycles. The van der Waals surface area contributed by atoms with Gasteiger partial charge in [-0.3, -0.25) is 0 Å². The third-order valence-corrected chi connectivity index (χ3v) is 3.27. The van der Waals surface area contributed by atoms with E-state index < -0.39 is 6.36 Å². The van der Waals surface area contributed by atoms with Gasteiger partial charge in [0.05, 0.1) is 5.22 Å². The van der Waals surface area contributed by atoms with Gasteiger partial charge in [-0.15, -0.1) is 13.2 Å². The van der Waals surface area contributed by atoms with E-state index in [0.29, 0.717) is 16.5 Å². The standard InChI is InChI=1S/C18H19F3N2O2/c1-11(2)22-17-13(4)16(25-23-17)10-5-12(3)14-6-8-15(9-7-14)24-18(19,20)21/h5-11H,4H2,1-3H3,(H,22,23). The van der Waals surface area contributed by atoms with Crippen molar-refractivity contribution in [1.82, 2.24) is 5.16 Å². The molecular formula is C18H19F3N2O2. The van der Waals surface area contributed by atoms with Crippen LogP contribution >= 0.6 is 0 Å². The molecule has 0 radical (unpaired) electrons. The Morgan fingerprint density at radius 1 is 1.28 bits per heavy atom. The summed E-state index contributed by atoms with van der Waals surface area (Å²) in [7, 11) is 0. The number of aromatic nitrogens is 1. The van der Waals surface area contributed by atoms with Crippen molar-refractivity contribution in [3.05, 3.63) is 46.5 Å². The van der Waals surface area contributed by atoms with Gasteiger partial charge < -0.3 is 14.6 Å². The average molecular weight is 352 g/mol. The molecule has 2 rings (SSSR count). The van der Waals surface area contributed by atoms with Crippen molar-refractivity contribution in [1.29, 1.82) is 0 Å². The number of anilines is 1. The van der Waals surface area contributed by atoms with E-state index in [1.807, 2.05) is 20.8 Å². The molecule has 0 unspecified atom stereocenters. The minimum Gasteiger partial charge on any atom is -0.406 e. The molecule has 0 bridgehead atoms. The number of rotatable bonds is 5. The van der Waals surface area contributed by atoms with Crippen LogP contribution in [0.25, 0.3) is 18.2 Å². The van der Waals surface area contributed by atoms with Crippen molar-refractivity contribution < 1.29 is 22.4 Å². The summed E-state index contributed by atoms with van der Waals surface area (Å²) in [5.74, 6) is 0.327. The van der Waals surface area contributed by atoms with Gasteiger partial charge in [0.25, 0.3) is 0 Å². The first-order valence-electron chi connectivity index (χ1n) is 7.61. The zero-order chi connectivity index (χ0) is 18.6. The number of alkyl halides is 3. The predicted octanol–water partition coefficient (Wildman–Crippen LogP) is 3.69. The van der Waals surface area contributed by atoms with Crippen molar-refractivity contribution in [3.8, 4) is 5.75 Å². The first kappa shape index (κ1) is 18.6. The van der Waals surface area contributed by atoms with Crippen molar-refractivity contribution in [2.45, 2.75) is 33.2 Å². The van der Waals surface area contributed by atoms with Gasteiger partial charge in [-0.25, -0.2) is 0 Å². The van der Waals surface area contributed by atoms with E-state index in [9.17, 15) is 13.2 Å². The molecule has 4 nitrogen and oxygen atoms in total. The van der Waals surface area contributed by atoms with Gasteiger partial charge in [0, 0.05) is 6.04 Å². The van der Waals surface area contributed by atoms with E-state index in [0.717, 1.165) is 11.1 Å². The molecule has 2 aromatic rings. The molecule has 1 heterocycles. The number of benzene rings is 1. The molecule has 134 valence electrons. The molecule has 0 aliphatic carbocycles. The summed E-state index contributed by atoms with van der Waals surface area (Å²) in [6.45, 7) is 9.72. The molecular weight excluding hydrogens is 333 g/mol. The van der Waals surface area contributed by atoms with Gasteiger partial charge in [0.2, 0.25) is 0 Å². The first-order valence-corrected chi connectivity index (χ1v) is 7.61. The second kappa shape index (κ2) is 7.46. The third kappa shape index (κ3) is 5.41. The Hall–Kier alpha value is -2.70. The number of hydrogen-bond donors (Lipinski definition) is 1. The Morgan fingerprint density at radius 2 is 1.92 bits per heavy atom. The summed E-state index contributed by atoms with van der Waals surface area (Å²) in [6, 6.07) is 5.85. The second-order valence-corrected chi connectivity index (χ2v) is 5.76. The van der Waals surface area contributed by atoms with E-state index >= 15 is 0 Å². The zero-order valence-electron chi connectivity index (χ0n) is 14.1. The Balaban J connectivity index is 2.19. The van der Waals surface area contributed by atoms with E-state index in [1.54, 1.807) is 24.3 Å². The summed E-state index contributed by atoms with van der Waals surface area (Å²) in [5.41, 5.74) is 2.11. The van der Waals surface area contributed by atoms with Crippen molar-refractivity contribution in [2.75, 3.05) is 5.32 Å². The number of nitrogens with zero attached hydrogens (tertiary/aromatic N) is 1. The lowest BCUT2D eigenvalue weighted by molar-refractivity contribution is -0.274. The maximum Gasteiger partial charge on any atom is 0.573 e. The minimum atomic E-state index is -4.70. The maximum atomic E-state index is 12.2. The lowest BCUT2D eigenvalue weighted by atomic mass is 10.1. The second-order valence-electron chi connectivity index (χ2n) is 5.76. The summed E-state index contributed by atoms with van der Waals surface area (Å²) in [4.78, 5) is 0. The van der Waals surface area contributed by atoms with Crippen LogP contribution in [-0.4, -0.2) is 17.6 Å². The van der Waals surface area contributed by atoms with Crippen LogP contribution in [0.3, 0.4) is 0 Å². The van der Waals surface area contributed by atoms with Crippen LogP contribution in [0.1, 0.15) is 26.3 Å². The van der Waals surface area contributed by atoms with Crippen molar-refractivity contribution in [3.63, 3.8) is 0 Å². The van der Waals surface area contributed by atoms with Crippen LogP contribution in [0.2, 0.25) is 0 Å².